The van der Waals surface area contributed by atoms with Gasteiger partial charge < -0.3 is 14.9 Å². The van der Waals surface area contributed by atoms with E-state index in [-0.39, 0.29) is 6.61 Å². The molecular formula is C10H24N2O. The first-order valence-corrected chi connectivity index (χ1v) is 5.33. The summed E-state index contributed by atoms with van der Waals surface area (Å²) in [7, 11) is 0. The van der Waals surface area contributed by atoms with Gasteiger partial charge in [-0.2, -0.15) is 0 Å². The van der Waals surface area contributed by atoms with E-state index < -0.39 is 0 Å². The van der Waals surface area contributed by atoms with E-state index in [1.165, 1.54) is 0 Å². The fourth-order valence-corrected chi connectivity index (χ4v) is 1.39. The molecule has 0 heterocycles. The van der Waals surface area contributed by atoms with Gasteiger partial charge in [0.2, 0.25) is 0 Å². The molecule has 0 aliphatic heterocycles. The summed E-state index contributed by atoms with van der Waals surface area (Å²) in [6.07, 6.45) is 0. The van der Waals surface area contributed by atoms with Gasteiger partial charge in [-0.25, -0.2) is 0 Å². The van der Waals surface area contributed by atoms with Gasteiger partial charge in [0.15, 0.2) is 0 Å². The Bertz CT molecular complexity index is 105. The molecule has 0 aromatic rings. The lowest BCUT2D eigenvalue weighted by Gasteiger charge is -2.24. The first-order chi connectivity index (χ1) is 6.28. The van der Waals surface area contributed by atoms with E-state index in [0.29, 0.717) is 0 Å². The van der Waals surface area contributed by atoms with Crippen molar-refractivity contribution in [2.24, 2.45) is 0 Å². The standard InChI is InChI=1S/C10H24N2O/c1-4-11(5-2)7-8-12(6-3)9-10-13/h13H,4-10H2,1-3H3. The van der Waals surface area contributed by atoms with Crippen LogP contribution < -0.4 is 0 Å². The molecule has 0 aliphatic rings. The summed E-state index contributed by atoms with van der Waals surface area (Å²) >= 11 is 0. The minimum atomic E-state index is 0.270. The van der Waals surface area contributed by atoms with E-state index >= 15 is 0 Å². The highest BCUT2D eigenvalue weighted by molar-refractivity contribution is 4.59. The molecule has 0 aromatic heterocycles. The monoisotopic (exact) mass is 188 g/mol. The highest BCUT2D eigenvalue weighted by Gasteiger charge is 2.03. The normalized spacial score (nSPS) is 11.5. The van der Waals surface area contributed by atoms with Gasteiger partial charge in [-0.15, -0.1) is 0 Å². The summed E-state index contributed by atoms with van der Waals surface area (Å²) in [6, 6.07) is 0. The zero-order chi connectivity index (χ0) is 10.1. The number of nitrogens with zero attached hydrogens (tertiary/aromatic N) is 2. The van der Waals surface area contributed by atoms with E-state index in [1.54, 1.807) is 0 Å². The van der Waals surface area contributed by atoms with E-state index in [2.05, 4.69) is 30.6 Å². The van der Waals surface area contributed by atoms with Crippen LogP contribution in [0.25, 0.3) is 0 Å². The molecule has 0 atom stereocenters. The molecule has 1 N–H and O–H groups in total. The smallest absolute Gasteiger partial charge is 0.0558 e. The predicted molar refractivity (Wildman–Crippen MR) is 57.0 cm³/mol. The van der Waals surface area contributed by atoms with Crippen molar-refractivity contribution in [1.82, 2.24) is 9.80 Å². The van der Waals surface area contributed by atoms with Crippen molar-refractivity contribution in [3.8, 4) is 0 Å². The maximum Gasteiger partial charge on any atom is 0.0558 e. The largest absolute Gasteiger partial charge is 0.395 e. The van der Waals surface area contributed by atoms with Gasteiger partial charge in [-0.1, -0.05) is 20.8 Å². The van der Waals surface area contributed by atoms with Crippen LogP contribution in [0.15, 0.2) is 0 Å². The van der Waals surface area contributed by atoms with E-state index in [9.17, 15) is 0 Å². The van der Waals surface area contributed by atoms with Crippen molar-refractivity contribution in [2.75, 3.05) is 45.9 Å². The van der Waals surface area contributed by atoms with Gasteiger partial charge in [0.05, 0.1) is 6.61 Å². The summed E-state index contributed by atoms with van der Waals surface area (Å²) in [5.74, 6) is 0. The van der Waals surface area contributed by atoms with Gasteiger partial charge in [0.1, 0.15) is 0 Å². The predicted octanol–water partition coefficient (Wildman–Crippen LogP) is 0.642. The minimum Gasteiger partial charge on any atom is -0.395 e. The zero-order valence-corrected chi connectivity index (χ0v) is 9.29. The van der Waals surface area contributed by atoms with E-state index in [4.69, 9.17) is 5.11 Å². The van der Waals surface area contributed by atoms with Crippen molar-refractivity contribution in [3.05, 3.63) is 0 Å². The lowest BCUT2D eigenvalue weighted by molar-refractivity contribution is 0.178. The molecule has 3 nitrogen and oxygen atoms in total. The first kappa shape index (κ1) is 12.9. The van der Waals surface area contributed by atoms with Crippen molar-refractivity contribution in [1.29, 1.82) is 0 Å². The zero-order valence-electron chi connectivity index (χ0n) is 9.29. The second-order valence-electron chi connectivity index (χ2n) is 3.18. The fraction of sp³-hybridized carbons (Fsp3) is 1.00. The van der Waals surface area contributed by atoms with Crippen LogP contribution in [0.1, 0.15) is 20.8 Å². The van der Waals surface area contributed by atoms with Crippen LogP contribution in [0.3, 0.4) is 0 Å². The highest BCUT2D eigenvalue weighted by atomic mass is 16.3. The number of hydrogen-bond donors (Lipinski definition) is 1. The van der Waals surface area contributed by atoms with Crippen LogP contribution in [-0.2, 0) is 0 Å². The third-order valence-electron chi connectivity index (χ3n) is 2.49. The van der Waals surface area contributed by atoms with Crippen LogP contribution in [0, 0.1) is 0 Å². The quantitative estimate of drug-likeness (QED) is 0.605. The molecule has 0 rings (SSSR count). The average Bonchev–Trinajstić information content (AvgIpc) is 2.17. The average molecular weight is 188 g/mol. The summed E-state index contributed by atoms with van der Waals surface area (Å²) < 4.78 is 0. The van der Waals surface area contributed by atoms with Crippen molar-refractivity contribution < 1.29 is 5.11 Å². The lowest BCUT2D eigenvalue weighted by atomic mass is 10.4. The maximum atomic E-state index is 8.79. The van der Waals surface area contributed by atoms with Crippen molar-refractivity contribution in [3.63, 3.8) is 0 Å². The molecule has 0 aromatic carbocycles. The molecule has 0 fully saturated rings. The lowest BCUT2D eigenvalue weighted by Crippen LogP contribution is -2.36. The maximum absolute atomic E-state index is 8.79. The molecule has 0 amide bonds. The molecule has 0 bridgehead atoms. The van der Waals surface area contributed by atoms with Gasteiger partial charge in [0.25, 0.3) is 0 Å². The fourth-order valence-electron chi connectivity index (χ4n) is 1.39. The Kier molecular flexibility index (Phi) is 8.40. The molecule has 0 spiro atoms. The Morgan fingerprint density at radius 2 is 1.23 bits per heavy atom. The summed E-state index contributed by atoms with van der Waals surface area (Å²) in [4.78, 5) is 4.68. The van der Waals surface area contributed by atoms with E-state index in [0.717, 1.165) is 39.3 Å². The van der Waals surface area contributed by atoms with Gasteiger partial charge in [-0.3, -0.25) is 0 Å². The molecular weight excluding hydrogens is 164 g/mol. The number of likely N-dealkylation sites (N-methyl/N-ethyl adjacent to an activating group) is 2. The van der Waals surface area contributed by atoms with Crippen molar-refractivity contribution in [2.45, 2.75) is 20.8 Å². The first-order valence-electron chi connectivity index (χ1n) is 5.33. The van der Waals surface area contributed by atoms with Gasteiger partial charge in [0, 0.05) is 19.6 Å². The van der Waals surface area contributed by atoms with Crippen LogP contribution in [0.4, 0.5) is 0 Å². The molecule has 0 aliphatic carbocycles. The SMILES string of the molecule is CCN(CC)CCN(CC)CCO. The third-order valence-corrected chi connectivity index (χ3v) is 2.49. The Morgan fingerprint density at radius 3 is 1.62 bits per heavy atom. The molecule has 13 heavy (non-hydrogen) atoms. The van der Waals surface area contributed by atoms with Gasteiger partial charge in [-0.05, 0) is 19.6 Å². The Morgan fingerprint density at radius 1 is 0.769 bits per heavy atom. The molecule has 0 saturated carbocycles. The molecule has 0 radical (unpaired) electrons. The highest BCUT2D eigenvalue weighted by Crippen LogP contribution is 1.91. The van der Waals surface area contributed by atoms with E-state index in [1.807, 2.05) is 0 Å². The number of aliphatic hydroxyl groups excluding tert-OH is 1. The molecule has 0 unspecified atom stereocenters. The number of aliphatic hydroxyl groups is 1. The minimum absolute atomic E-state index is 0.270. The molecule has 80 valence electrons. The van der Waals surface area contributed by atoms with Crippen LogP contribution >= 0.6 is 0 Å². The number of hydrogen-bond acceptors (Lipinski definition) is 3. The second-order valence-corrected chi connectivity index (χ2v) is 3.18. The Labute approximate surface area is 82.3 Å². The topological polar surface area (TPSA) is 26.7 Å². The summed E-state index contributed by atoms with van der Waals surface area (Å²) in [5, 5.41) is 8.79. The summed E-state index contributed by atoms with van der Waals surface area (Å²) in [6.45, 7) is 13.0. The second kappa shape index (κ2) is 8.48. The van der Waals surface area contributed by atoms with Gasteiger partial charge >= 0.3 is 0 Å². The Balaban J connectivity index is 3.56. The third kappa shape index (κ3) is 6.02. The number of rotatable bonds is 8. The Hall–Kier alpha value is -0.120. The summed E-state index contributed by atoms with van der Waals surface area (Å²) in [5.41, 5.74) is 0. The molecule has 0 saturated heterocycles. The van der Waals surface area contributed by atoms with Crippen LogP contribution in [0.5, 0.6) is 0 Å². The molecule has 3 heteroatoms. The van der Waals surface area contributed by atoms with Crippen LogP contribution in [-0.4, -0.2) is 60.8 Å². The van der Waals surface area contributed by atoms with Crippen LogP contribution in [0.2, 0.25) is 0 Å². The van der Waals surface area contributed by atoms with Crippen molar-refractivity contribution >= 4 is 0 Å².